The van der Waals surface area contributed by atoms with Crippen molar-refractivity contribution in [2.24, 2.45) is 0 Å². The molecule has 0 amide bonds. The molecule has 0 aliphatic carbocycles. The molecule has 2 N–H and O–H groups in total. The number of hydrogen-bond donors (Lipinski definition) is 2. The van der Waals surface area contributed by atoms with E-state index in [-0.39, 0.29) is 11.4 Å². The number of H-pyrrole nitrogens is 1. The molecule has 2 aromatic carbocycles. The number of aromatic nitrogens is 4. The first-order chi connectivity index (χ1) is 16.0. The second-order valence-electron chi connectivity index (χ2n) is 7.66. The van der Waals surface area contributed by atoms with Crippen LogP contribution in [0.15, 0.2) is 59.8 Å². The highest BCUT2D eigenvalue weighted by molar-refractivity contribution is 5.87. The van der Waals surface area contributed by atoms with E-state index in [2.05, 4.69) is 38.1 Å². The molecule has 1 aromatic heterocycles. The van der Waals surface area contributed by atoms with Crippen LogP contribution in [-0.4, -0.2) is 34.8 Å². The molecule has 0 radical (unpaired) electrons. The van der Waals surface area contributed by atoms with Gasteiger partial charge in [0.25, 0.3) is 0 Å². The van der Waals surface area contributed by atoms with Crippen LogP contribution in [0.4, 0.5) is 0 Å². The summed E-state index contributed by atoms with van der Waals surface area (Å²) >= 11 is 0. The van der Waals surface area contributed by atoms with Crippen molar-refractivity contribution < 1.29 is 9.47 Å². The summed E-state index contributed by atoms with van der Waals surface area (Å²) in [7, 11) is 3.21. The summed E-state index contributed by atoms with van der Waals surface area (Å²) in [6, 6.07) is 19.6. The second-order valence-corrected chi connectivity index (χ2v) is 7.66. The Morgan fingerprint density at radius 1 is 1.06 bits per heavy atom. The van der Waals surface area contributed by atoms with E-state index in [0.717, 1.165) is 16.7 Å². The molecule has 1 aliphatic heterocycles. The van der Waals surface area contributed by atoms with Crippen molar-refractivity contribution in [2.45, 2.75) is 18.9 Å². The zero-order chi connectivity index (χ0) is 23.4. The highest BCUT2D eigenvalue weighted by Crippen LogP contribution is 2.43. The van der Waals surface area contributed by atoms with Gasteiger partial charge in [0.2, 0.25) is 5.82 Å². The van der Waals surface area contributed by atoms with Crippen LogP contribution in [0.25, 0.3) is 11.1 Å². The molecule has 0 saturated heterocycles. The number of nitrogens with one attached hydrogen (secondary N) is 2. The number of aromatic amines is 1. The van der Waals surface area contributed by atoms with Crippen LogP contribution in [0.5, 0.6) is 11.5 Å². The smallest absolute Gasteiger partial charge is 0.217 e. The van der Waals surface area contributed by atoms with Gasteiger partial charge in [0.1, 0.15) is 29.2 Å². The van der Waals surface area contributed by atoms with Crippen LogP contribution in [0.3, 0.4) is 0 Å². The second kappa shape index (κ2) is 8.85. The Bertz CT molecular complexity index is 1330. The summed E-state index contributed by atoms with van der Waals surface area (Å²) in [6.45, 7) is 2.02. The number of rotatable bonds is 5. The lowest BCUT2D eigenvalue weighted by molar-refractivity contribution is 0.393. The van der Waals surface area contributed by atoms with Gasteiger partial charge in [0.15, 0.2) is 0 Å². The summed E-state index contributed by atoms with van der Waals surface area (Å²) in [5.41, 5.74) is 2.66. The normalized spacial score (nSPS) is 19.2. The Morgan fingerprint density at radius 3 is 2.42 bits per heavy atom. The van der Waals surface area contributed by atoms with Gasteiger partial charge in [-0.15, -0.1) is 10.2 Å². The summed E-state index contributed by atoms with van der Waals surface area (Å²) in [6.07, 6.45) is 0.477. The molecule has 2 heterocycles. The summed E-state index contributed by atoms with van der Waals surface area (Å²) < 4.78 is 10.8. The molecule has 164 valence electrons. The number of tetrazole rings is 1. The number of nitrogens with zero attached hydrogens (tertiary/aromatic N) is 5. The largest absolute Gasteiger partial charge is 0.497 e. The van der Waals surface area contributed by atoms with Gasteiger partial charge in [0, 0.05) is 6.42 Å². The molecular formula is C24H21N7O2. The van der Waals surface area contributed by atoms with Crippen LogP contribution < -0.4 is 14.8 Å². The van der Waals surface area contributed by atoms with E-state index in [1.54, 1.807) is 14.2 Å². The zero-order valence-electron chi connectivity index (χ0n) is 18.4. The number of benzene rings is 2. The molecule has 0 spiro atoms. The first-order valence-corrected chi connectivity index (χ1v) is 10.1. The minimum Gasteiger partial charge on any atom is -0.497 e. The van der Waals surface area contributed by atoms with E-state index >= 15 is 0 Å². The van der Waals surface area contributed by atoms with E-state index < -0.39 is 5.54 Å². The standard InChI is InChI=1S/C24H21N7O2/c1-24(16-7-5-9-18(11-16)33-3)12-19(15-6-4-8-17(10-15)32-2)20(13-25)22(27-24)21(14-26)23-28-30-31-29-23/h4-11,27H,12H2,1-3H3,(H,28,29,30,31)/b22-21+. The number of allylic oxidation sites excluding steroid dienone is 2. The van der Waals surface area contributed by atoms with Crippen LogP contribution in [0.2, 0.25) is 0 Å². The molecule has 1 aliphatic rings. The van der Waals surface area contributed by atoms with Crippen molar-refractivity contribution in [1.29, 1.82) is 10.5 Å². The lowest BCUT2D eigenvalue weighted by atomic mass is 9.77. The molecule has 9 heteroatoms. The number of hydrogen-bond acceptors (Lipinski definition) is 8. The average molecular weight is 439 g/mol. The molecule has 0 saturated carbocycles. The Kier molecular flexibility index (Phi) is 5.79. The van der Waals surface area contributed by atoms with Crippen molar-refractivity contribution in [3.63, 3.8) is 0 Å². The molecular weight excluding hydrogens is 418 g/mol. The first kappa shape index (κ1) is 21.6. The van der Waals surface area contributed by atoms with E-state index in [0.29, 0.717) is 29.2 Å². The average Bonchev–Trinajstić information content (AvgIpc) is 3.39. The van der Waals surface area contributed by atoms with Crippen LogP contribution >= 0.6 is 0 Å². The molecule has 9 nitrogen and oxygen atoms in total. The molecule has 1 unspecified atom stereocenters. The summed E-state index contributed by atoms with van der Waals surface area (Å²) in [4.78, 5) is 0. The van der Waals surface area contributed by atoms with E-state index in [9.17, 15) is 10.5 Å². The molecule has 1 atom stereocenters. The Hall–Kier alpha value is -4.63. The highest BCUT2D eigenvalue weighted by atomic mass is 16.5. The Morgan fingerprint density at radius 2 is 1.79 bits per heavy atom. The summed E-state index contributed by atoms with van der Waals surface area (Å²) in [5, 5.41) is 37.5. The topological polar surface area (TPSA) is 133 Å². The third-order valence-corrected chi connectivity index (χ3v) is 5.65. The molecule has 33 heavy (non-hydrogen) atoms. The van der Waals surface area contributed by atoms with Crippen molar-refractivity contribution in [1.82, 2.24) is 25.9 Å². The predicted molar refractivity (Wildman–Crippen MR) is 120 cm³/mol. The Balaban J connectivity index is 2.00. The molecule has 0 bridgehead atoms. The van der Waals surface area contributed by atoms with Crippen molar-refractivity contribution in [2.75, 3.05) is 14.2 Å². The lowest BCUT2D eigenvalue weighted by Crippen LogP contribution is -2.43. The van der Waals surface area contributed by atoms with Crippen LogP contribution in [0.1, 0.15) is 30.3 Å². The van der Waals surface area contributed by atoms with Crippen molar-refractivity contribution in [3.05, 3.63) is 76.8 Å². The quantitative estimate of drug-likeness (QED) is 0.579. The number of methoxy groups -OCH3 is 2. The lowest BCUT2D eigenvalue weighted by Gasteiger charge is -2.39. The van der Waals surface area contributed by atoms with Gasteiger partial charge in [-0.2, -0.15) is 15.7 Å². The van der Waals surface area contributed by atoms with Crippen molar-refractivity contribution >= 4 is 11.1 Å². The van der Waals surface area contributed by atoms with Crippen molar-refractivity contribution in [3.8, 4) is 23.6 Å². The van der Waals surface area contributed by atoms with Gasteiger partial charge >= 0.3 is 0 Å². The monoisotopic (exact) mass is 439 g/mol. The van der Waals surface area contributed by atoms with E-state index in [1.165, 1.54) is 0 Å². The maximum absolute atomic E-state index is 10.2. The fourth-order valence-corrected chi connectivity index (χ4v) is 3.97. The van der Waals surface area contributed by atoms with Gasteiger partial charge in [-0.05, 0) is 53.1 Å². The van der Waals surface area contributed by atoms with Gasteiger partial charge in [-0.25, -0.2) is 0 Å². The maximum atomic E-state index is 10.2. The fourth-order valence-electron chi connectivity index (χ4n) is 3.97. The fraction of sp³-hybridized carbons (Fsp3) is 0.208. The SMILES string of the molecule is COc1cccc(C2=C(C#N)/C(=C(/C#N)c3nn[nH]n3)NC(C)(c3cccc(OC)c3)C2)c1. The van der Waals surface area contributed by atoms with Gasteiger partial charge in [-0.1, -0.05) is 24.3 Å². The number of nitriles is 2. The van der Waals surface area contributed by atoms with Gasteiger partial charge in [-0.3, -0.25) is 0 Å². The first-order valence-electron chi connectivity index (χ1n) is 10.1. The minimum absolute atomic E-state index is 0.104. The molecule has 0 fully saturated rings. The van der Waals surface area contributed by atoms with Gasteiger partial charge < -0.3 is 14.8 Å². The minimum atomic E-state index is -0.672. The molecule has 4 rings (SSSR count). The third kappa shape index (κ3) is 4.00. The van der Waals surface area contributed by atoms with Crippen LogP contribution in [0, 0.1) is 22.7 Å². The van der Waals surface area contributed by atoms with E-state index in [1.807, 2.05) is 55.5 Å². The Labute approximate surface area is 191 Å². The van der Waals surface area contributed by atoms with Gasteiger partial charge in [0.05, 0.1) is 31.0 Å². The predicted octanol–water partition coefficient (Wildman–Crippen LogP) is 3.34. The number of ether oxygens (including phenoxy) is 2. The molecule has 3 aromatic rings. The highest BCUT2D eigenvalue weighted by Gasteiger charge is 2.38. The summed E-state index contributed by atoms with van der Waals surface area (Å²) in [5.74, 6) is 1.48. The van der Waals surface area contributed by atoms with Crippen LogP contribution in [-0.2, 0) is 5.54 Å². The zero-order valence-corrected chi connectivity index (χ0v) is 18.4. The third-order valence-electron chi connectivity index (χ3n) is 5.65. The van der Waals surface area contributed by atoms with E-state index in [4.69, 9.17) is 9.47 Å². The maximum Gasteiger partial charge on any atom is 0.217 e.